The number of hydrogen-bond donors (Lipinski definition) is 3. The maximum atomic E-state index is 12.9. The number of rotatable bonds is 5. The maximum absolute atomic E-state index is 12.9. The van der Waals surface area contributed by atoms with Gasteiger partial charge in [0.05, 0.1) is 22.7 Å². The summed E-state index contributed by atoms with van der Waals surface area (Å²) in [5, 5.41) is 6.05. The van der Waals surface area contributed by atoms with Crippen molar-refractivity contribution in [2.24, 2.45) is 11.8 Å². The molecule has 1 aromatic heterocycles. The Morgan fingerprint density at radius 2 is 1.82 bits per heavy atom. The Kier molecular flexibility index (Phi) is 5.11. The first-order chi connectivity index (χ1) is 16.4. The molecule has 1 amide bonds. The van der Waals surface area contributed by atoms with Crippen molar-refractivity contribution in [3.63, 3.8) is 0 Å². The van der Waals surface area contributed by atoms with Crippen LogP contribution in [0.1, 0.15) is 31.2 Å². The van der Waals surface area contributed by atoms with Gasteiger partial charge < -0.3 is 10.6 Å². The van der Waals surface area contributed by atoms with E-state index in [1.807, 2.05) is 24.3 Å². The first kappa shape index (κ1) is 21.2. The van der Waals surface area contributed by atoms with E-state index in [2.05, 4.69) is 25.3 Å². The van der Waals surface area contributed by atoms with Crippen molar-refractivity contribution in [1.29, 1.82) is 0 Å². The van der Waals surface area contributed by atoms with Crippen LogP contribution in [0.15, 0.2) is 59.6 Å². The highest BCUT2D eigenvalue weighted by Crippen LogP contribution is 2.44. The topological polar surface area (TPSA) is 113 Å². The number of nitrogens with one attached hydrogen (secondary N) is 3. The van der Waals surface area contributed by atoms with Crippen LogP contribution in [0.2, 0.25) is 0 Å². The number of carbonyl (C=O) groups is 1. The number of para-hydroxylation sites is 1. The van der Waals surface area contributed by atoms with Gasteiger partial charge in [-0.15, -0.1) is 0 Å². The number of hydrogen-bond acceptors (Lipinski definition) is 6. The maximum Gasteiger partial charge on any atom is 0.240 e. The zero-order valence-corrected chi connectivity index (χ0v) is 19.3. The van der Waals surface area contributed by atoms with E-state index in [0.29, 0.717) is 34.9 Å². The summed E-state index contributed by atoms with van der Waals surface area (Å²) in [5.41, 5.74) is 3.67. The van der Waals surface area contributed by atoms with Crippen molar-refractivity contribution >= 4 is 33.3 Å². The number of sulfonamides is 1. The van der Waals surface area contributed by atoms with Gasteiger partial charge in [-0.05, 0) is 61.4 Å². The van der Waals surface area contributed by atoms with E-state index < -0.39 is 10.0 Å². The molecule has 3 aromatic rings. The molecule has 0 radical (unpaired) electrons. The van der Waals surface area contributed by atoms with E-state index in [1.165, 1.54) is 6.42 Å². The highest BCUT2D eigenvalue weighted by atomic mass is 32.2. The van der Waals surface area contributed by atoms with Gasteiger partial charge in [0, 0.05) is 29.1 Å². The van der Waals surface area contributed by atoms with Gasteiger partial charge >= 0.3 is 0 Å². The van der Waals surface area contributed by atoms with Crippen molar-refractivity contribution in [2.45, 2.75) is 43.0 Å². The monoisotopic (exact) mass is 475 g/mol. The Balaban J connectivity index is 1.21. The van der Waals surface area contributed by atoms with Crippen LogP contribution in [0.4, 0.5) is 17.3 Å². The molecule has 174 valence electrons. The highest BCUT2D eigenvalue weighted by molar-refractivity contribution is 7.89. The van der Waals surface area contributed by atoms with E-state index >= 15 is 0 Å². The van der Waals surface area contributed by atoms with Crippen LogP contribution < -0.4 is 15.4 Å². The summed E-state index contributed by atoms with van der Waals surface area (Å²) in [7, 11) is -3.56. The van der Waals surface area contributed by atoms with Crippen LogP contribution in [0.25, 0.3) is 11.3 Å². The van der Waals surface area contributed by atoms with E-state index in [-0.39, 0.29) is 23.3 Å². The van der Waals surface area contributed by atoms with Gasteiger partial charge in [0.15, 0.2) is 0 Å². The molecule has 2 heterocycles. The number of fused-ring (bicyclic) bond motifs is 5. The van der Waals surface area contributed by atoms with E-state index in [4.69, 9.17) is 0 Å². The van der Waals surface area contributed by atoms with Gasteiger partial charge in [-0.2, -0.15) is 0 Å². The fourth-order valence-corrected chi connectivity index (χ4v) is 6.82. The third-order valence-electron chi connectivity index (χ3n) is 7.14. The number of amides is 1. The zero-order valence-electron chi connectivity index (χ0n) is 18.5. The molecule has 8 nitrogen and oxygen atoms in total. The largest absolute Gasteiger partial charge is 0.325 e. The van der Waals surface area contributed by atoms with Crippen LogP contribution in [0.3, 0.4) is 0 Å². The summed E-state index contributed by atoms with van der Waals surface area (Å²) in [6.45, 7) is 0. The van der Waals surface area contributed by atoms with E-state index in [0.717, 1.165) is 30.4 Å². The Bertz CT molecular complexity index is 1370. The second-order valence-electron chi connectivity index (χ2n) is 9.39. The normalized spacial score (nSPS) is 23.1. The molecule has 2 saturated carbocycles. The van der Waals surface area contributed by atoms with Gasteiger partial charge in [-0.1, -0.05) is 24.6 Å². The minimum atomic E-state index is -3.56. The Morgan fingerprint density at radius 1 is 1.00 bits per heavy atom. The number of benzene rings is 2. The van der Waals surface area contributed by atoms with Crippen molar-refractivity contribution < 1.29 is 13.2 Å². The van der Waals surface area contributed by atoms with Gasteiger partial charge in [0.25, 0.3) is 0 Å². The van der Waals surface area contributed by atoms with Crippen molar-refractivity contribution in [3.05, 3.63) is 60.3 Å². The van der Waals surface area contributed by atoms with Crippen LogP contribution in [-0.2, 0) is 21.2 Å². The molecular formula is C25H25N5O3S. The zero-order chi connectivity index (χ0) is 23.3. The summed E-state index contributed by atoms with van der Waals surface area (Å²) in [6, 6.07) is 14.2. The van der Waals surface area contributed by atoms with Crippen molar-refractivity contribution in [2.75, 3.05) is 10.6 Å². The molecule has 2 aromatic carbocycles. The average molecular weight is 476 g/mol. The predicted molar refractivity (Wildman–Crippen MR) is 129 cm³/mol. The molecule has 9 heteroatoms. The predicted octanol–water partition coefficient (Wildman–Crippen LogP) is 3.85. The number of aromatic nitrogens is 2. The molecule has 34 heavy (non-hydrogen) atoms. The van der Waals surface area contributed by atoms with Crippen LogP contribution in [0.5, 0.6) is 0 Å². The summed E-state index contributed by atoms with van der Waals surface area (Å²) in [6.07, 6.45) is 6.30. The van der Waals surface area contributed by atoms with Gasteiger partial charge in [-0.25, -0.2) is 23.1 Å². The smallest absolute Gasteiger partial charge is 0.240 e. The lowest BCUT2D eigenvalue weighted by molar-refractivity contribution is -0.115. The average Bonchev–Trinajstić information content (AvgIpc) is 3.40. The quantitative estimate of drug-likeness (QED) is 0.517. The molecule has 0 unspecified atom stereocenters. The lowest BCUT2D eigenvalue weighted by Crippen LogP contribution is -2.38. The van der Waals surface area contributed by atoms with Gasteiger partial charge in [0.1, 0.15) is 0 Å². The lowest BCUT2D eigenvalue weighted by atomic mass is 9.96. The van der Waals surface area contributed by atoms with Crippen LogP contribution >= 0.6 is 0 Å². The molecular weight excluding hydrogens is 450 g/mol. The SMILES string of the molecule is O=C1Cc2cnc(Nc3ccc(S(=O)(=O)N[C@@H]4C[C@H]5CC[C@H]4C5)cc3)nc2-c2ccccc2N1. The van der Waals surface area contributed by atoms with E-state index in [1.54, 1.807) is 30.5 Å². The Morgan fingerprint density at radius 3 is 2.59 bits per heavy atom. The first-order valence-electron chi connectivity index (χ1n) is 11.6. The molecule has 3 atom stereocenters. The number of anilines is 3. The third-order valence-corrected chi connectivity index (χ3v) is 8.64. The second-order valence-corrected chi connectivity index (χ2v) is 11.1. The summed E-state index contributed by atoms with van der Waals surface area (Å²) >= 11 is 0. The number of carbonyl (C=O) groups excluding carboxylic acids is 1. The van der Waals surface area contributed by atoms with Crippen LogP contribution in [-0.4, -0.2) is 30.3 Å². The minimum absolute atomic E-state index is 0.0544. The van der Waals surface area contributed by atoms with Crippen molar-refractivity contribution in [3.8, 4) is 11.3 Å². The Labute approximate surface area is 198 Å². The molecule has 2 fully saturated rings. The highest BCUT2D eigenvalue weighted by Gasteiger charge is 2.41. The second kappa shape index (κ2) is 8.18. The van der Waals surface area contributed by atoms with Crippen LogP contribution in [0, 0.1) is 11.8 Å². The van der Waals surface area contributed by atoms with E-state index in [9.17, 15) is 13.2 Å². The van der Waals surface area contributed by atoms with Crippen molar-refractivity contribution in [1.82, 2.24) is 14.7 Å². The molecule has 3 N–H and O–H groups in total. The molecule has 2 bridgehead atoms. The molecule has 1 aliphatic heterocycles. The summed E-state index contributed by atoms with van der Waals surface area (Å²) in [4.78, 5) is 21.5. The Hall–Kier alpha value is -3.30. The summed E-state index contributed by atoms with van der Waals surface area (Å²) in [5.74, 6) is 1.41. The first-order valence-corrected chi connectivity index (χ1v) is 13.1. The van der Waals surface area contributed by atoms with Gasteiger partial charge in [-0.3, -0.25) is 4.79 Å². The lowest BCUT2D eigenvalue weighted by Gasteiger charge is -2.22. The summed E-state index contributed by atoms with van der Waals surface area (Å²) < 4.78 is 28.7. The fourth-order valence-electron chi connectivity index (χ4n) is 5.50. The number of nitrogens with zero attached hydrogens (tertiary/aromatic N) is 2. The third kappa shape index (κ3) is 3.95. The molecule has 0 spiro atoms. The fraction of sp³-hybridized carbons (Fsp3) is 0.320. The molecule has 0 saturated heterocycles. The molecule has 6 rings (SSSR count). The standard InChI is InChI=1S/C25H25N5O3S/c31-23-13-17-14-26-25(29-24(17)20-3-1-2-4-21(20)28-23)27-18-7-9-19(10-8-18)34(32,33)30-22-12-15-5-6-16(22)11-15/h1-4,7-10,14-16,22,30H,5-6,11-13H2,(H,28,31)(H,26,27,29)/t15-,16-,22+/m0/s1. The molecule has 3 aliphatic rings. The minimum Gasteiger partial charge on any atom is -0.325 e. The molecule has 2 aliphatic carbocycles. The van der Waals surface area contributed by atoms with Gasteiger partial charge in [0.2, 0.25) is 21.9 Å².